The van der Waals surface area contributed by atoms with Crippen molar-refractivity contribution in [2.24, 2.45) is 0 Å². The molecule has 6 heteroatoms. The molecule has 1 aromatic carbocycles. The zero-order valence-corrected chi connectivity index (χ0v) is 12.6. The fourth-order valence-electron chi connectivity index (χ4n) is 1.45. The van der Waals surface area contributed by atoms with Crippen molar-refractivity contribution in [2.45, 2.75) is 16.8 Å². The van der Waals surface area contributed by atoms with Crippen LogP contribution in [-0.4, -0.2) is 10.9 Å². The molecule has 4 nitrogen and oxygen atoms in total. The Labute approximate surface area is 123 Å². The highest BCUT2D eigenvalue weighted by Gasteiger charge is 2.04. The van der Waals surface area contributed by atoms with Gasteiger partial charge in [-0.25, -0.2) is 4.98 Å². The molecule has 0 bridgehead atoms. The van der Waals surface area contributed by atoms with Crippen molar-refractivity contribution in [3.8, 4) is 0 Å². The summed E-state index contributed by atoms with van der Waals surface area (Å²) in [7, 11) is 0. The van der Waals surface area contributed by atoms with E-state index >= 15 is 0 Å². The van der Waals surface area contributed by atoms with Crippen molar-refractivity contribution in [3.63, 3.8) is 0 Å². The Hall–Kier alpha value is -1.53. The minimum Gasteiger partial charge on any atom is -0.397 e. The molecule has 3 N–H and O–H groups in total. The number of carbonyl (C=O) groups excluding carboxylic acids is 1. The summed E-state index contributed by atoms with van der Waals surface area (Å²) in [5.41, 5.74) is 7.30. The van der Waals surface area contributed by atoms with Gasteiger partial charge in [0.2, 0.25) is 5.91 Å². The fraction of sp³-hybridized carbons (Fsp3) is 0.0769. The molecule has 0 atom stereocenters. The zero-order chi connectivity index (χ0) is 13.8. The van der Waals surface area contributed by atoms with E-state index in [9.17, 15) is 4.79 Å². The molecule has 0 spiro atoms. The zero-order valence-electron chi connectivity index (χ0n) is 10.2. The van der Waals surface area contributed by atoms with Gasteiger partial charge in [0.25, 0.3) is 0 Å². The number of nitrogen functional groups attached to an aromatic ring is 1. The highest BCUT2D eigenvalue weighted by molar-refractivity contribution is 9.10. The molecule has 0 saturated carbocycles. The maximum atomic E-state index is 10.9. The molecule has 1 heterocycles. The quantitative estimate of drug-likeness (QED) is 0.898. The predicted octanol–water partition coefficient (Wildman–Crippen LogP) is 3.54. The number of aromatic nitrogens is 1. The normalized spacial score (nSPS) is 10.2. The second-order valence-electron chi connectivity index (χ2n) is 3.86. The molecule has 19 heavy (non-hydrogen) atoms. The number of hydrogen-bond acceptors (Lipinski definition) is 4. The number of benzene rings is 1. The predicted molar refractivity (Wildman–Crippen MR) is 81.2 cm³/mol. The van der Waals surface area contributed by atoms with Crippen LogP contribution in [0.25, 0.3) is 0 Å². The van der Waals surface area contributed by atoms with Crippen LogP contribution in [0.2, 0.25) is 0 Å². The van der Waals surface area contributed by atoms with Gasteiger partial charge in [0.15, 0.2) is 0 Å². The second kappa shape index (κ2) is 6.08. The largest absolute Gasteiger partial charge is 0.397 e. The van der Waals surface area contributed by atoms with Crippen LogP contribution in [0, 0.1) is 0 Å². The van der Waals surface area contributed by atoms with Gasteiger partial charge in [-0.2, -0.15) is 0 Å². The molecular weight excluding hydrogens is 326 g/mol. The van der Waals surface area contributed by atoms with Crippen molar-refractivity contribution in [3.05, 3.63) is 41.0 Å². The molecule has 0 aliphatic heterocycles. The molecule has 0 unspecified atom stereocenters. The number of carbonyl (C=O) groups is 1. The van der Waals surface area contributed by atoms with E-state index in [1.807, 2.05) is 30.3 Å². The van der Waals surface area contributed by atoms with E-state index in [0.717, 1.165) is 20.1 Å². The van der Waals surface area contributed by atoms with Crippen LogP contribution < -0.4 is 11.1 Å². The molecule has 1 amide bonds. The fourth-order valence-corrected chi connectivity index (χ4v) is 2.58. The number of nitrogens with two attached hydrogens (primary N) is 1. The number of hydrogen-bond donors (Lipinski definition) is 2. The minimum atomic E-state index is -0.0841. The standard InChI is InChI=1S/C13H12BrN3OS/c1-8(18)17-10-2-4-11(5-3-10)19-13-12(15)6-9(14)7-16-13/h2-7H,15H2,1H3,(H,17,18). The number of rotatable bonds is 3. The summed E-state index contributed by atoms with van der Waals surface area (Å²) in [4.78, 5) is 16.2. The molecule has 0 saturated heterocycles. The third kappa shape index (κ3) is 3.97. The first-order chi connectivity index (χ1) is 9.04. The van der Waals surface area contributed by atoms with Crippen molar-refractivity contribution in [2.75, 3.05) is 11.1 Å². The van der Waals surface area contributed by atoms with Gasteiger partial charge in [-0.15, -0.1) is 0 Å². The molecule has 98 valence electrons. The summed E-state index contributed by atoms with van der Waals surface area (Å²) < 4.78 is 0.857. The van der Waals surface area contributed by atoms with Crippen molar-refractivity contribution in [1.82, 2.24) is 4.98 Å². The van der Waals surface area contributed by atoms with Crippen LogP contribution in [-0.2, 0) is 4.79 Å². The number of halogens is 1. The number of nitrogens with one attached hydrogen (secondary N) is 1. The van der Waals surface area contributed by atoms with E-state index in [4.69, 9.17) is 5.73 Å². The van der Waals surface area contributed by atoms with Gasteiger partial charge in [0, 0.05) is 28.2 Å². The minimum absolute atomic E-state index is 0.0841. The first kappa shape index (κ1) is 13.9. The first-order valence-corrected chi connectivity index (χ1v) is 7.12. The Morgan fingerprint density at radius 2 is 2.05 bits per heavy atom. The Kier molecular flexibility index (Phi) is 4.44. The summed E-state index contributed by atoms with van der Waals surface area (Å²) >= 11 is 4.80. The summed E-state index contributed by atoms with van der Waals surface area (Å²) in [6.07, 6.45) is 1.71. The average Bonchev–Trinajstić information content (AvgIpc) is 2.34. The smallest absolute Gasteiger partial charge is 0.221 e. The van der Waals surface area contributed by atoms with Gasteiger partial charge in [0.05, 0.1) is 5.69 Å². The molecule has 0 radical (unpaired) electrons. The van der Waals surface area contributed by atoms with Gasteiger partial charge in [-0.3, -0.25) is 4.79 Å². The molecule has 2 rings (SSSR count). The molecule has 0 aliphatic carbocycles. The van der Waals surface area contributed by atoms with E-state index in [0.29, 0.717) is 5.69 Å². The van der Waals surface area contributed by atoms with Gasteiger partial charge < -0.3 is 11.1 Å². The highest BCUT2D eigenvalue weighted by Crippen LogP contribution is 2.32. The lowest BCUT2D eigenvalue weighted by molar-refractivity contribution is -0.114. The summed E-state index contributed by atoms with van der Waals surface area (Å²) in [6.45, 7) is 1.48. The van der Waals surface area contributed by atoms with Gasteiger partial charge >= 0.3 is 0 Å². The third-order valence-corrected chi connectivity index (χ3v) is 3.71. The monoisotopic (exact) mass is 337 g/mol. The lowest BCUT2D eigenvalue weighted by atomic mass is 10.3. The maximum absolute atomic E-state index is 10.9. The Bertz CT molecular complexity index is 601. The van der Waals surface area contributed by atoms with Gasteiger partial charge in [0.1, 0.15) is 5.03 Å². The number of pyridine rings is 1. The maximum Gasteiger partial charge on any atom is 0.221 e. The molecule has 1 aromatic heterocycles. The average molecular weight is 338 g/mol. The highest BCUT2D eigenvalue weighted by atomic mass is 79.9. The number of amides is 1. The number of nitrogens with zero attached hydrogens (tertiary/aromatic N) is 1. The lowest BCUT2D eigenvalue weighted by Crippen LogP contribution is -2.05. The Morgan fingerprint density at radius 1 is 1.37 bits per heavy atom. The molecule has 0 aliphatic rings. The summed E-state index contributed by atoms with van der Waals surface area (Å²) in [5, 5.41) is 3.48. The molecular formula is C13H12BrN3OS. The van der Waals surface area contributed by atoms with Crippen LogP contribution in [0.5, 0.6) is 0 Å². The topological polar surface area (TPSA) is 68.0 Å². The van der Waals surface area contributed by atoms with Crippen molar-refractivity contribution >= 4 is 45.0 Å². The Morgan fingerprint density at radius 3 is 2.63 bits per heavy atom. The van der Waals surface area contributed by atoms with E-state index < -0.39 is 0 Å². The Balaban J connectivity index is 2.13. The van der Waals surface area contributed by atoms with E-state index in [1.165, 1.54) is 18.7 Å². The van der Waals surface area contributed by atoms with Crippen molar-refractivity contribution in [1.29, 1.82) is 0 Å². The van der Waals surface area contributed by atoms with Gasteiger partial charge in [-0.05, 0) is 46.3 Å². The number of anilines is 2. The van der Waals surface area contributed by atoms with Crippen LogP contribution >= 0.6 is 27.7 Å². The van der Waals surface area contributed by atoms with E-state index in [1.54, 1.807) is 6.20 Å². The van der Waals surface area contributed by atoms with Crippen LogP contribution in [0.3, 0.4) is 0 Å². The molecule has 0 fully saturated rings. The van der Waals surface area contributed by atoms with E-state index in [-0.39, 0.29) is 5.91 Å². The van der Waals surface area contributed by atoms with Gasteiger partial charge in [-0.1, -0.05) is 11.8 Å². The summed E-state index contributed by atoms with van der Waals surface area (Å²) in [5.74, 6) is -0.0841. The van der Waals surface area contributed by atoms with Crippen LogP contribution in [0.15, 0.2) is 50.9 Å². The van der Waals surface area contributed by atoms with Crippen LogP contribution in [0.4, 0.5) is 11.4 Å². The SMILES string of the molecule is CC(=O)Nc1ccc(Sc2ncc(Br)cc2N)cc1. The summed E-state index contributed by atoms with van der Waals surface area (Å²) in [6, 6.07) is 9.34. The van der Waals surface area contributed by atoms with E-state index in [2.05, 4.69) is 26.2 Å². The van der Waals surface area contributed by atoms with Crippen LogP contribution in [0.1, 0.15) is 6.92 Å². The second-order valence-corrected chi connectivity index (χ2v) is 5.83. The molecule has 2 aromatic rings. The lowest BCUT2D eigenvalue weighted by Gasteiger charge is -2.06. The van der Waals surface area contributed by atoms with Crippen molar-refractivity contribution < 1.29 is 4.79 Å². The first-order valence-electron chi connectivity index (χ1n) is 5.51. The third-order valence-electron chi connectivity index (χ3n) is 2.23.